The number of hydrogen-bond donors (Lipinski definition) is 4. The Labute approximate surface area is 230 Å². The van der Waals surface area contributed by atoms with Gasteiger partial charge in [-0.25, -0.2) is 0 Å². The maximum Gasteiger partial charge on any atom is 0.255 e. The number of anilines is 1. The summed E-state index contributed by atoms with van der Waals surface area (Å²) in [5.74, 6) is -0.746. The third kappa shape index (κ3) is 5.77. The van der Waals surface area contributed by atoms with Crippen molar-refractivity contribution in [2.24, 2.45) is 0 Å². The number of benzene rings is 3. The maximum absolute atomic E-state index is 14.0. The number of nitrogen functional groups attached to an aromatic ring is 1. The summed E-state index contributed by atoms with van der Waals surface area (Å²) in [5.41, 5.74) is 6.87. The zero-order valence-electron chi connectivity index (χ0n) is 22.7. The van der Waals surface area contributed by atoms with Crippen LogP contribution in [0, 0.1) is 0 Å². The Morgan fingerprint density at radius 3 is 2.15 bits per heavy atom. The number of likely N-dealkylation sites (N-methyl/N-ethyl adjacent to an activating group) is 1. The Kier molecular flexibility index (Phi) is 8.57. The van der Waals surface area contributed by atoms with E-state index in [2.05, 4.69) is 17.1 Å². The molecule has 0 aliphatic carbocycles. The van der Waals surface area contributed by atoms with Crippen LogP contribution in [-0.4, -0.2) is 77.2 Å². The molecule has 5 N–H and O–H groups in total. The number of aliphatic hydroxyl groups is 1. The van der Waals surface area contributed by atoms with Crippen LogP contribution in [0.5, 0.6) is 5.75 Å². The molecule has 39 heavy (non-hydrogen) atoms. The van der Waals surface area contributed by atoms with Gasteiger partial charge in [0.25, 0.3) is 5.91 Å². The predicted molar refractivity (Wildman–Crippen MR) is 152 cm³/mol. The van der Waals surface area contributed by atoms with Gasteiger partial charge in [0.15, 0.2) is 5.75 Å². The summed E-state index contributed by atoms with van der Waals surface area (Å²) in [6.07, 6.45) is 0.214. The molecule has 0 bridgehead atoms. The van der Waals surface area contributed by atoms with E-state index in [4.69, 9.17) is 5.73 Å². The molecule has 1 aliphatic rings. The number of carbonyl (C=O) groups is 2. The molecule has 1 fully saturated rings. The van der Waals surface area contributed by atoms with Crippen LogP contribution < -0.4 is 11.1 Å². The van der Waals surface area contributed by atoms with E-state index in [9.17, 15) is 19.8 Å². The quantitative estimate of drug-likeness (QED) is 0.263. The van der Waals surface area contributed by atoms with Crippen molar-refractivity contribution in [3.63, 3.8) is 0 Å². The number of hydrogen-bond acceptors (Lipinski definition) is 6. The Balaban J connectivity index is 1.55. The molecule has 3 aromatic rings. The Hall–Kier alpha value is -3.88. The molecule has 1 aliphatic heterocycles. The minimum absolute atomic E-state index is 0.00334. The van der Waals surface area contributed by atoms with E-state index < -0.39 is 23.5 Å². The summed E-state index contributed by atoms with van der Waals surface area (Å²) in [6, 6.07) is 23.8. The first-order chi connectivity index (χ1) is 18.6. The van der Waals surface area contributed by atoms with E-state index in [1.54, 1.807) is 25.1 Å². The van der Waals surface area contributed by atoms with Gasteiger partial charge < -0.3 is 26.2 Å². The first-order valence-corrected chi connectivity index (χ1v) is 13.3. The van der Waals surface area contributed by atoms with Crippen molar-refractivity contribution >= 4 is 17.5 Å². The number of likely N-dealkylation sites (tertiary alicyclic amines) is 1. The largest absolute Gasteiger partial charge is 0.505 e. The van der Waals surface area contributed by atoms with E-state index in [-0.39, 0.29) is 28.9 Å². The van der Waals surface area contributed by atoms with E-state index in [1.165, 1.54) is 12.1 Å². The highest BCUT2D eigenvalue weighted by Gasteiger charge is 2.45. The molecule has 8 nitrogen and oxygen atoms in total. The number of β-amino-alcohol motifs (C(OH)–C–C–N with tert-alkyl or cyclic N) is 1. The lowest BCUT2D eigenvalue weighted by molar-refractivity contribution is -0.134. The van der Waals surface area contributed by atoms with Crippen molar-refractivity contribution in [2.75, 3.05) is 32.9 Å². The van der Waals surface area contributed by atoms with Gasteiger partial charge in [0.2, 0.25) is 5.91 Å². The molecule has 3 aromatic carbocycles. The number of nitrogens with two attached hydrogens (primary N) is 1. The molecular formula is C31H38N4O4. The Morgan fingerprint density at radius 1 is 1.03 bits per heavy atom. The van der Waals surface area contributed by atoms with Crippen LogP contribution in [0.15, 0.2) is 78.9 Å². The highest BCUT2D eigenvalue weighted by Crippen LogP contribution is 2.40. The molecule has 0 aromatic heterocycles. The molecule has 1 unspecified atom stereocenters. The first-order valence-electron chi connectivity index (χ1n) is 13.3. The number of piperidine rings is 1. The number of nitrogens with one attached hydrogen (secondary N) is 1. The predicted octanol–water partition coefficient (Wildman–Crippen LogP) is 2.99. The van der Waals surface area contributed by atoms with Crippen LogP contribution >= 0.6 is 0 Å². The highest BCUT2D eigenvalue weighted by molar-refractivity contribution is 5.98. The van der Waals surface area contributed by atoms with Gasteiger partial charge in [-0.1, -0.05) is 66.7 Å². The fraction of sp³-hybridized carbons (Fsp3) is 0.355. The molecule has 8 heteroatoms. The summed E-state index contributed by atoms with van der Waals surface area (Å²) in [4.78, 5) is 30.6. The second kappa shape index (κ2) is 11.9. The molecular weight excluding hydrogens is 492 g/mol. The summed E-state index contributed by atoms with van der Waals surface area (Å²) < 4.78 is 0. The van der Waals surface area contributed by atoms with Crippen LogP contribution in [-0.2, 0) is 10.2 Å². The topological polar surface area (TPSA) is 119 Å². The number of nitrogens with zero attached hydrogens (tertiary/aromatic N) is 2. The van der Waals surface area contributed by atoms with Crippen LogP contribution in [0.4, 0.5) is 5.69 Å². The van der Waals surface area contributed by atoms with Gasteiger partial charge in [-0.15, -0.1) is 0 Å². The van der Waals surface area contributed by atoms with Gasteiger partial charge in [-0.3, -0.25) is 14.5 Å². The van der Waals surface area contributed by atoms with E-state index in [0.29, 0.717) is 25.9 Å². The van der Waals surface area contributed by atoms with Crippen LogP contribution in [0.2, 0.25) is 0 Å². The monoisotopic (exact) mass is 530 g/mol. The van der Waals surface area contributed by atoms with Crippen molar-refractivity contribution in [3.05, 3.63) is 95.6 Å². The van der Waals surface area contributed by atoms with E-state index in [1.807, 2.05) is 60.7 Å². The highest BCUT2D eigenvalue weighted by atomic mass is 16.3. The van der Waals surface area contributed by atoms with Gasteiger partial charge in [0, 0.05) is 33.2 Å². The normalized spacial score (nSPS) is 18.8. The van der Waals surface area contributed by atoms with Crippen molar-refractivity contribution in [1.82, 2.24) is 15.1 Å². The maximum atomic E-state index is 14.0. The fourth-order valence-corrected chi connectivity index (χ4v) is 5.65. The Morgan fingerprint density at radius 2 is 1.62 bits per heavy atom. The van der Waals surface area contributed by atoms with Crippen molar-refractivity contribution in [1.29, 1.82) is 0 Å². The van der Waals surface area contributed by atoms with Crippen LogP contribution in [0.1, 0.15) is 41.3 Å². The average Bonchev–Trinajstić information content (AvgIpc) is 2.94. The fourth-order valence-electron chi connectivity index (χ4n) is 5.65. The Bertz CT molecular complexity index is 1240. The second-order valence-electron chi connectivity index (χ2n) is 10.6. The number of phenols is 1. The molecule has 0 saturated carbocycles. The van der Waals surface area contributed by atoms with Gasteiger partial charge in [0.1, 0.15) is 5.41 Å². The van der Waals surface area contributed by atoms with Crippen molar-refractivity contribution in [2.45, 2.75) is 43.4 Å². The second-order valence-corrected chi connectivity index (χ2v) is 10.6. The number of para-hydroxylation sites is 1. The number of aromatic hydroxyl groups is 1. The summed E-state index contributed by atoms with van der Waals surface area (Å²) in [7, 11) is 3.56. The molecule has 3 atom stereocenters. The van der Waals surface area contributed by atoms with Gasteiger partial charge in [0.05, 0.1) is 23.4 Å². The summed E-state index contributed by atoms with van der Waals surface area (Å²) in [5, 5.41) is 24.0. The van der Waals surface area contributed by atoms with Crippen LogP contribution in [0.3, 0.4) is 0 Å². The van der Waals surface area contributed by atoms with Gasteiger partial charge in [-0.05, 0) is 43.0 Å². The standard InChI is InChI=1S/C31H38N4O4/c1-21(35-18-17-26(27(36)20-35)33-29(38)24-15-10-16-25(32)28(24)37)19-31(30(39)34(2)3,22-11-6-4-7-12-22)23-13-8-5-9-14-23/h4-16,21,26-27,36-37H,17-20,32H2,1-3H3,(H,33,38)/t21?,26-,27-/m1/s1. The molecule has 4 rings (SSSR count). The van der Waals surface area contributed by atoms with Gasteiger partial charge >= 0.3 is 0 Å². The van der Waals surface area contributed by atoms with E-state index in [0.717, 1.165) is 11.1 Å². The van der Waals surface area contributed by atoms with Crippen molar-refractivity contribution < 1.29 is 19.8 Å². The number of phenolic OH excluding ortho intramolecular Hbond substituents is 1. The number of aliphatic hydroxyl groups excluding tert-OH is 1. The number of carbonyl (C=O) groups excluding carboxylic acids is 2. The lowest BCUT2D eigenvalue weighted by Gasteiger charge is -2.44. The minimum atomic E-state index is -0.910. The molecule has 1 heterocycles. The zero-order chi connectivity index (χ0) is 28.2. The smallest absolute Gasteiger partial charge is 0.255 e. The SMILES string of the molecule is CC(CC(C(=O)N(C)C)(c1ccccc1)c1ccccc1)N1CC[C@@H](NC(=O)c2cccc(N)c2O)[C@H](O)C1. The van der Waals surface area contributed by atoms with Gasteiger partial charge in [-0.2, -0.15) is 0 Å². The summed E-state index contributed by atoms with van der Waals surface area (Å²) in [6.45, 7) is 3.05. The first kappa shape index (κ1) is 28.1. The third-order valence-corrected chi connectivity index (χ3v) is 7.77. The molecule has 2 amide bonds. The third-order valence-electron chi connectivity index (χ3n) is 7.77. The zero-order valence-corrected chi connectivity index (χ0v) is 22.7. The molecule has 1 saturated heterocycles. The number of rotatable bonds is 8. The minimum Gasteiger partial charge on any atom is -0.505 e. The number of amides is 2. The van der Waals surface area contributed by atoms with E-state index >= 15 is 0 Å². The molecule has 0 radical (unpaired) electrons. The molecule has 0 spiro atoms. The molecule has 206 valence electrons. The lowest BCUT2D eigenvalue weighted by Crippen LogP contribution is -2.57. The average molecular weight is 531 g/mol. The van der Waals surface area contributed by atoms with Crippen LogP contribution in [0.25, 0.3) is 0 Å². The summed E-state index contributed by atoms with van der Waals surface area (Å²) >= 11 is 0. The lowest BCUT2D eigenvalue weighted by atomic mass is 9.69. The van der Waals surface area contributed by atoms with Crippen molar-refractivity contribution in [3.8, 4) is 5.75 Å².